The van der Waals surface area contributed by atoms with Crippen molar-refractivity contribution in [3.63, 3.8) is 0 Å². The molecule has 1 fully saturated rings. The molecule has 4 N–H and O–H groups in total. The van der Waals surface area contributed by atoms with E-state index >= 15 is 0 Å². The van der Waals surface area contributed by atoms with E-state index in [2.05, 4.69) is 20.5 Å². The van der Waals surface area contributed by atoms with Crippen LogP contribution in [0.5, 0.6) is 11.5 Å². The van der Waals surface area contributed by atoms with Crippen LogP contribution in [0, 0.1) is 0 Å². The molecule has 0 atom stereocenters. The summed E-state index contributed by atoms with van der Waals surface area (Å²) >= 11 is 6.42. The molecule has 10 heteroatoms. The van der Waals surface area contributed by atoms with Gasteiger partial charge < -0.3 is 30.3 Å². The number of piperidine rings is 1. The smallest absolute Gasteiger partial charge is 0.253 e. The molecule has 0 bridgehead atoms. The predicted molar refractivity (Wildman–Crippen MR) is 135 cm³/mol. The molecule has 35 heavy (non-hydrogen) atoms. The van der Waals surface area contributed by atoms with Crippen LogP contribution in [0.1, 0.15) is 42.6 Å². The fourth-order valence-corrected chi connectivity index (χ4v) is 4.19. The molecule has 0 unspecified atom stereocenters. The number of carbonyl (C=O) groups is 1. The average Bonchev–Trinajstić information content (AvgIpc) is 2.87. The van der Waals surface area contributed by atoms with Gasteiger partial charge in [0.25, 0.3) is 5.91 Å². The number of amides is 1. The fraction of sp³-hybridized carbons (Fsp3) is 0.520. The molecule has 192 valence electrons. The topological polar surface area (TPSA) is 116 Å². The highest BCUT2D eigenvalue weighted by Gasteiger charge is 2.21. The zero-order valence-electron chi connectivity index (χ0n) is 20.3. The average molecular weight is 507 g/mol. The minimum atomic E-state index is -0.685. The lowest BCUT2D eigenvalue weighted by atomic mass is 10.0. The van der Waals surface area contributed by atoms with Crippen LogP contribution in [-0.4, -0.2) is 77.6 Å². The molecular formula is C25H35ClN4O5. The molecule has 2 aromatic rings. The number of carbonyl (C=O) groups excluding carboxylic acids is 1. The molecule has 0 saturated carbocycles. The number of anilines is 1. The first kappa shape index (κ1) is 27.0. The number of hydrogen-bond acceptors (Lipinski definition) is 8. The van der Waals surface area contributed by atoms with Crippen molar-refractivity contribution in [2.45, 2.75) is 45.3 Å². The molecule has 1 aliphatic heterocycles. The Morgan fingerprint density at radius 1 is 1.14 bits per heavy atom. The van der Waals surface area contributed by atoms with Crippen LogP contribution in [0.15, 0.2) is 30.5 Å². The third-order valence-electron chi connectivity index (χ3n) is 5.81. The number of likely N-dealkylation sites (tertiary alicyclic amines) is 1. The van der Waals surface area contributed by atoms with Gasteiger partial charge in [0.2, 0.25) is 0 Å². The van der Waals surface area contributed by atoms with Gasteiger partial charge in [-0.05, 0) is 56.5 Å². The number of ether oxygens (including phenoxy) is 2. The van der Waals surface area contributed by atoms with Gasteiger partial charge in [0, 0.05) is 31.9 Å². The van der Waals surface area contributed by atoms with E-state index in [4.69, 9.17) is 31.3 Å². The molecule has 0 radical (unpaired) electrons. The normalized spacial score (nSPS) is 14.7. The summed E-state index contributed by atoms with van der Waals surface area (Å²) < 4.78 is 11.4. The second-order valence-electron chi connectivity index (χ2n) is 8.43. The number of aliphatic hydroxyl groups excluding tert-OH is 2. The zero-order chi connectivity index (χ0) is 25.2. The van der Waals surface area contributed by atoms with E-state index in [0.29, 0.717) is 41.1 Å². The van der Waals surface area contributed by atoms with Gasteiger partial charge in [0.05, 0.1) is 38.0 Å². The van der Waals surface area contributed by atoms with Crippen molar-refractivity contribution in [3.05, 3.63) is 46.6 Å². The van der Waals surface area contributed by atoms with Crippen molar-refractivity contribution in [3.8, 4) is 11.5 Å². The zero-order valence-corrected chi connectivity index (χ0v) is 21.1. The van der Waals surface area contributed by atoms with Gasteiger partial charge in [0.1, 0.15) is 22.3 Å². The minimum absolute atomic E-state index is 0.287. The van der Waals surface area contributed by atoms with Gasteiger partial charge in [-0.25, -0.2) is 4.98 Å². The van der Waals surface area contributed by atoms with Crippen molar-refractivity contribution in [2.75, 3.05) is 44.8 Å². The highest BCUT2D eigenvalue weighted by Crippen LogP contribution is 2.36. The van der Waals surface area contributed by atoms with E-state index < -0.39 is 6.04 Å². The van der Waals surface area contributed by atoms with Gasteiger partial charge in [-0.2, -0.15) is 0 Å². The summed E-state index contributed by atoms with van der Waals surface area (Å²) in [5, 5.41) is 24.7. The number of aliphatic hydroxyl groups is 2. The Hall–Kier alpha value is -2.59. The summed E-state index contributed by atoms with van der Waals surface area (Å²) in [7, 11) is 0. The lowest BCUT2D eigenvalue weighted by molar-refractivity contribution is 0.0879. The van der Waals surface area contributed by atoms with Crippen LogP contribution in [0.2, 0.25) is 5.02 Å². The second kappa shape index (κ2) is 13.5. The number of nitrogens with one attached hydrogen (secondary N) is 2. The minimum Gasteiger partial charge on any atom is -0.492 e. The molecular weight excluding hydrogens is 472 g/mol. The summed E-state index contributed by atoms with van der Waals surface area (Å²) in [5.41, 5.74) is 1.48. The van der Waals surface area contributed by atoms with Gasteiger partial charge in [-0.3, -0.25) is 9.69 Å². The molecule has 1 amide bonds. The largest absolute Gasteiger partial charge is 0.492 e. The van der Waals surface area contributed by atoms with Crippen molar-refractivity contribution in [1.82, 2.24) is 15.2 Å². The van der Waals surface area contributed by atoms with E-state index in [1.54, 1.807) is 12.1 Å². The number of pyridine rings is 1. The van der Waals surface area contributed by atoms with E-state index in [-0.39, 0.29) is 25.2 Å². The van der Waals surface area contributed by atoms with Gasteiger partial charge in [-0.15, -0.1) is 0 Å². The highest BCUT2D eigenvalue weighted by molar-refractivity contribution is 6.33. The fourth-order valence-electron chi connectivity index (χ4n) is 3.97. The number of aromatic nitrogens is 1. The molecule has 9 nitrogen and oxygen atoms in total. The summed E-state index contributed by atoms with van der Waals surface area (Å²) in [6.07, 6.45) is 3.41. The number of benzene rings is 1. The van der Waals surface area contributed by atoms with E-state index in [9.17, 15) is 4.79 Å². The Labute approximate surface area is 211 Å². The Kier molecular flexibility index (Phi) is 10.4. The molecule has 3 rings (SSSR count). The SMILES string of the molecule is CCOc1cc(CN2CCC(Nc3ccc(C(=O)NC(CO)CO)cn3)CC2)cc(OCC)c1Cl. The Bertz CT molecular complexity index is 920. The van der Waals surface area contributed by atoms with Crippen LogP contribution in [0.3, 0.4) is 0 Å². The van der Waals surface area contributed by atoms with Crippen LogP contribution in [0.4, 0.5) is 5.82 Å². The Balaban J connectivity index is 1.52. The predicted octanol–water partition coefficient (Wildman–Crippen LogP) is 2.69. The standard InChI is InChI=1S/C25H35ClN4O5/c1-3-34-21-11-17(12-22(24(21)26)35-4-2)14-30-9-7-19(8-10-30)28-23-6-5-18(13-27-23)25(33)29-20(15-31)16-32/h5-6,11-13,19-20,31-32H,3-4,7-10,14-16H2,1-2H3,(H,27,28)(H,29,33). The first-order chi connectivity index (χ1) is 17.0. The third kappa shape index (κ3) is 7.70. The Morgan fingerprint density at radius 3 is 2.29 bits per heavy atom. The molecule has 1 saturated heterocycles. The van der Waals surface area contributed by atoms with Crippen molar-refractivity contribution in [1.29, 1.82) is 0 Å². The van der Waals surface area contributed by atoms with E-state index in [0.717, 1.165) is 38.0 Å². The second-order valence-corrected chi connectivity index (χ2v) is 8.81. The molecule has 1 aliphatic rings. The summed E-state index contributed by atoms with van der Waals surface area (Å²) in [6, 6.07) is 7.03. The van der Waals surface area contributed by atoms with E-state index in [1.807, 2.05) is 26.0 Å². The summed E-state index contributed by atoms with van der Waals surface area (Å²) in [4.78, 5) is 18.9. The molecule has 0 aliphatic carbocycles. The molecule has 1 aromatic carbocycles. The highest BCUT2D eigenvalue weighted by atomic mass is 35.5. The first-order valence-electron chi connectivity index (χ1n) is 12.0. The number of rotatable bonds is 12. The summed E-state index contributed by atoms with van der Waals surface area (Å²) in [6.45, 7) is 6.94. The quantitative estimate of drug-likeness (QED) is 0.347. The maximum absolute atomic E-state index is 12.2. The van der Waals surface area contributed by atoms with Gasteiger partial charge in [-0.1, -0.05) is 11.6 Å². The van der Waals surface area contributed by atoms with E-state index in [1.165, 1.54) is 6.20 Å². The van der Waals surface area contributed by atoms with Crippen molar-refractivity contribution < 1.29 is 24.5 Å². The lowest BCUT2D eigenvalue weighted by Gasteiger charge is -2.32. The first-order valence-corrected chi connectivity index (χ1v) is 12.4. The van der Waals surface area contributed by atoms with Crippen molar-refractivity contribution >= 4 is 23.3 Å². The van der Waals surface area contributed by atoms with Crippen LogP contribution < -0.4 is 20.1 Å². The Morgan fingerprint density at radius 2 is 1.77 bits per heavy atom. The number of nitrogens with zero attached hydrogens (tertiary/aromatic N) is 2. The lowest BCUT2D eigenvalue weighted by Crippen LogP contribution is -2.40. The number of hydrogen-bond donors (Lipinski definition) is 4. The maximum Gasteiger partial charge on any atom is 0.253 e. The van der Waals surface area contributed by atoms with Gasteiger partial charge in [0.15, 0.2) is 0 Å². The molecule has 1 aromatic heterocycles. The maximum atomic E-state index is 12.2. The molecule has 2 heterocycles. The third-order valence-corrected chi connectivity index (χ3v) is 6.19. The monoisotopic (exact) mass is 506 g/mol. The summed E-state index contributed by atoms with van der Waals surface area (Å²) in [5.74, 6) is 1.63. The van der Waals surface area contributed by atoms with Crippen LogP contribution in [0.25, 0.3) is 0 Å². The number of halogens is 1. The van der Waals surface area contributed by atoms with Crippen LogP contribution >= 0.6 is 11.6 Å². The van der Waals surface area contributed by atoms with Crippen molar-refractivity contribution in [2.24, 2.45) is 0 Å². The van der Waals surface area contributed by atoms with Crippen LogP contribution in [-0.2, 0) is 6.54 Å². The van der Waals surface area contributed by atoms with Gasteiger partial charge >= 0.3 is 0 Å². The molecule has 0 spiro atoms.